The minimum atomic E-state index is -0.239. The molecule has 0 bridgehead atoms. The summed E-state index contributed by atoms with van der Waals surface area (Å²) in [5.74, 6) is 0.223. The third-order valence-electron chi connectivity index (χ3n) is 8.07. The number of hydrogen-bond acceptors (Lipinski definition) is 5. The number of hydrogen-bond donors (Lipinski definition) is 0. The van der Waals surface area contributed by atoms with Crippen LogP contribution in [0.1, 0.15) is 66.1 Å². The summed E-state index contributed by atoms with van der Waals surface area (Å²) < 4.78 is 5.17. The van der Waals surface area contributed by atoms with Gasteiger partial charge in [0, 0.05) is 36.3 Å². The van der Waals surface area contributed by atoms with Gasteiger partial charge in [0.15, 0.2) is 5.78 Å². The van der Waals surface area contributed by atoms with Gasteiger partial charge in [-0.1, -0.05) is 6.07 Å². The fraction of sp³-hybridized carbons (Fsp3) is 0.560. The molecule has 2 fully saturated rings. The van der Waals surface area contributed by atoms with Crippen molar-refractivity contribution in [2.24, 2.45) is 5.41 Å². The molecule has 0 aromatic heterocycles. The minimum Gasteiger partial charge on any atom is -0.457 e. The van der Waals surface area contributed by atoms with Crippen molar-refractivity contribution >= 4 is 17.7 Å². The largest absolute Gasteiger partial charge is 0.457 e. The van der Waals surface area contributed by atoms with Gasteiger partial charge in [0.2, 0.25) is 5.91 Å². The average molecular weight is 423 g/mol. The number of likely N-dealkylation sites (tertiary alicyclic amines) is 2. The van der Waals surface area contributed by atoms with Crippen molar-refractivity contribution in [3.8, 4) is 0 Å². The zero-order chi connectivity index (χ0) is 21.8. The second-order valence-corrected chi connectivity index (χ2v) is 9.53. The van der Waals surface area contributed by atoms with Gasteiger partial charge in [0.05, 0.1) is 11.0 Å². The third-order valence-corrected chi connectivity index (χ3v) is 8.07. The molecule has 3 heterocycles. The number of esters is 1. The van der Waals surface area contributed by atoms with Gasteiger partial charge in [-0.05, 0) is 76.2 Å². The lowest BCUT2D eigenvalue weighted by Crippen LogP contribution is -2.45. The molecule has 3 aliphatic heterocycles. The van der Waals surface area contributed by atoms with E-state index in [1.165, 1.54) is 11.1 Å². The number of ether oxygens (including phenoxy) is 1. The molecule has 0 unspecified atom stereocenters. The Kier molecular flexibility index (Phi) is 5.00. The van der Waals surface area contributed by atoms with Crippen LogP contribution in [0, 0.1) is 12.3 Å². The molecule has 6 heteroatoms. The first-order valence-corrected chi connectivity index (χ1v) is 11.5. The summed E-state index contributed by atoms with van der Waals surface area (Å²) in [6, 6.07) is 3.96. The Morgan fingerprint density at radius 1 is 1.00 bits per heavy atom. The van der Waals surface area contributed by atoms with E-state index in [2.05, 4.69) is 17.9 Å². The van der Waals surface area contributed by atoms with Crippen LogP contribution >= 0.6 is 0 Å². The Labute approximate surface area is 183 Å². The molecular formula is C25H30N2O4. The Balaban J connectivity index is 1.20. The molecule has 4 aliphatic rings. The van der Waals surface area contributed by atoms with Crippen LogP contribution in [0.2, 0.25) is 0 Å². The van der Waals surface area contributed by atoms with Crippen molar-refractivity contribution in [2.75, 3.05) is 26.2 Å². The lowest BCUT2D eigenvalue weighted by atomic mass is 9.77. The predicted molar refractivity (Wildman–Crippen MR) is 115 cm³/mol. The Morgan fingerprint density at radius 2 is 1.74 bits per heavy atom. The van der Waals surface area contributed by atoms with Crippen LogP contribution in [0.5, 0.6) is 0 Å². The monoisotopic (exact) mass is 422 g/mol. The van der Waals surface area contributed by atoms with E-state index in [0.717, 1.165) is 75.1 Å². The number of nitrogens with zero attached hydrogens (tertiary/aromatic N) is 2. The number of allylic oxidation sites excluding steroid dienone is 2. The topological polar surface area (TPSA) is 66.9 Å². The highest BCUT2D eigenvalue weighted by atomic mass is 16.5. The van der Waals surface area contributed by atoms with Crippen molar-refractivity contribution in [3.05, 3.63) is 45.7 Å². The standard InChI is InChI=1S/C25H30N2O4/c1-16-18(3-4-19-20(16)15-31-23(19)29)7-11-26-12-8-25(9-13-26)10-14-27(24(25)30)21-5-6-22(28)17(21)2/h3-4H,5-15H2,1-2H3. The fourth-order valence-corrected chi connectivity index (χ4v) is 5.80. The molecule has 1 amide bonds. The molecule has 0 saturated carbocycles. The van der Waals surface area contributed by atoms with Crippen LogP contribution in [-0.2, 0) is 27.4 Å². The molecule has 1 aromatic carbocycles. The van der Waals surface area contributed by atoms with Gasteiger partial charge >= 0.3 is 5.97 Å². The van der Waals surface area contributed by atoms with Crippen molar-refractivity contribution in [2.45, 2.75) is 59.0 Å². The lowest BCUT2D eigenvalue weighted by Gasteiger charge is -2.38. The number of Topliss-reactive ketones (excluding diaryl/α,β-unsaturated/α-hetero) is 1. The van der Waals surface area contributed by atoms with Crippen molar-refractivity contribution < 1.29 is 19.1 Å². The van der Waals surface area contributed by atoms with Gasteiger partial charge in [0.1, 0.15) is 6.61 Å². The molecule has 164 valence electrons. The molecule has 0 atom stereocenters. The van der Waals surface area contributed by atoms with Crippen LogP contribution in [0.15, 0.2) is 23.4 Å². The van der Waals surface area contributed by atoms with Gasteiger partial charge in [-0.3, -0.25) is 9.59 Å². The van der Waals surface area contributed by atoms with E-state index in [9.17, 15) is 14.4 Å². The maximum absolute atomic E-state index is 13.3. The number of ketones is 1. The molecule has 2 saturated heterocycles. The van der Waals surface area contributed by atoms with E-state index in [1.807, 2.05) is 17.9 Å². The van der Waals surface area contributed by atoms with Crippen LogP contribution in [-0.4, -0.2) is 53.6 Å². The molecule has 5 rings (SSSR count). The summed E-state index contributed by atoms with van der Waals surface area (Å²) in [7, 11) is 0. The smallest absolute Gasteiger partial charge is 0.338 e. The Bertz CT molecular complexity index is 1000. The zero-order valence-corrected chi connectivity index (χ0v) is 18.5. The van der Waals surface area contributed by atoms with Crippen molar-refractivity contribution in [1.29, 1.82) is 0 Å². The number of carbonyl (C=O) groups is 3. The molecule has 1 spiro atoms. The maximum atomic E-state index is 13.3. The highest BCUT2D eigenvalue weighted by Crippen LogP contribution is 2.44. The summed E-state index contributed by atoms with van der Waals surface area (Å²) in [6.45, 7) is 7.92. The third kappa shape index (κ3) is 3.32. The second-order valence-electron chi connectivity index (χ2n) is 9.53. The normalized spacial score (nSPS) is 23.3. The van der Waals surface area contributed by atoms with Crippen molar-refractivity contribution in [1.82, 2.24) is 9.80 Å². The SMILES string of the molecule is CC1=C(N2CCC3(CCN(CCc4ccc5c(c4C)COC5=O)CC3)C2=O)CCC1=O. The fourth-order valence-electron chi connectivity index (χ4n) is 5.80. The highest BCUT2D eigenvalue weighted by Gasteiger charge is 2.49. The van der Waals surface area contributed by atoms with E-state index in [1.54, 1.807) is 0 Å². The van der Waals surface area contributed by atoms with E-state index < -0.39 is 0 Å². The predicted octanol–water partition coefficient (Wildman–Crippen LogP) is 3.16. The van der Waals surface area contributed by atoms with Crippen LogP contribution < -0.4 is 0 Å². The summed E-state index contributed by atoms with van der Waals surface area (Å²) in [6.07, 6.45) is 4.91. The quantitative estimate of drug-likeness (QED) is 0.698. The number of amides is 1. The number of benzene rings is 1. The second kappa shape index (κ2) is 7.59. The number of carbonyl (C=O) groups excluding carboxylic acids is 3. The molecule has 1 aliphatic carbocycles. The Morgan fingerprint density at radius 3 is 2.45 bits per heavy atom. The summed E-state index contributed by atoms with van der Waals surface area (Å²) in [5.41, 5.74) is 5.72. The van der Waals surface area contributed by atoms with Gasteiger partial charge in [-0.25, -0.2) is 4.79 Å². The Hall–Kier alpha value is -2.47. The molecule has 0 N–H and O–H groups in total. The number of cyclic esters (lactones) is 1. The summed E-state index contributed by atoms with van der Waals surface area (Å²) >= 11 is 0. The maximum Gasteiger partial charge on any atom is 0.338 e. The van der Waals surface area contributed by atoms with Crippen LogP contribution in [0.25, 0.3) is 0 Å². The van der Waals surface area contributed by atoms with Crippen molar-refractivity contribution in [3.63, 3.8) is 0 Å². The number of rotatable bonds is 4. The van der Waals surface area contributed by atoms with E-state index >= 15 is 0 Å². The molecule has 31 heavy (non-hydrogen) atoms. The molecule has 1 aromatic rings. The van der Waals surface area contributed by atoms with E-state index in [0.29, 0.717) is 18.6 Å². The van der Waals surface area contributed by atoms with E-state index in [4.69, 9.17) is 4.74 Å². The van der Waals surface area contributed by atoms with Gasteiger partial charge < -0.3 is 14.5 Å². The first-order valence-electron chi connectivity index (χ1n) is 11.5. The van der Waals surface area contributed by atoms with Crippen LogP contribution in [0.4, 0.5) is 0 Å². The van der Waals surface area contributed by atoms with Gasteiger partial charge in [-0.15, -0.1) is 0 Å². The molecular weight excluding hydrogens is 392 g/mol. The lowest BCUT2D eigenvalue weighted by molar-refractivity contribution is -0.136. The van der Waals surface area contributed by atoms with Crippen LogP contribution in [0.3, 0.4) is 0 Å². The van der Waals surface area contributed by atoms with Gasteiger partial charge in [-0.2, -0.15) is 0 Å². The van der Waals surface area contributed by atoms with E-state index in [-0.39, 0.29) is 23.1 Å². The van der Waals surface area contributed by atoms with Gasteiger partial charge in [0.25, 0.3) is 0 Å². The summed E-state index contributed by atoms with van der Waals surface area (Å²) in [5, 5.41) is 0. The minimum absolute atomic E-state index is 0.191. The molecule has 0 radical (unpaired) electrons. The molecule has 6 nitrogen and oxygen atoms in total. The zero-order valence-electron chi connectivity index (χ0n) is 18.5. The number of fused-ring (bicyclic) bond motifs is 1. The first-order chi connectivity index (χ1) is 14.9. The number of piperidine rings is 1. The first kappa shape index (κ1) is 20.4. The average Bonchev–Trinajstić information content (AvgIpc) is 3.41. The highest BCUT2D eigenvalue weighted by molar-refractivity contribution is 5.99. The summed E-state index contributed by atoms with van der Waals surface area (Å²) in [4.78, 5) is 41.4.